The van der Waals surface area contributed by atoms with Gasteiger partial charge in [0.25, 0.3) is 5.89 Å². The van der Waals surface area contributed by atoms with E-state index >= 15 is 0 Å². The third-order valence-corrected chi connectivity index (χ3v) is 4.25. The second-order valence-electron chi connectivity index (χ2n) is 6.02. The first kappa shape index (κ1) is 17.7. The third kappa shape index (κ3) is 2.88. The first-order valence-electron chi connectivity index (χ1n) is 7.99. The van der Waals surface area contributed by atoms with Gasteiger partial charge in [0.15, 0.2) is 0 Å². The van der Waals surface area contributed by atoms with Crippen LogP contribution >= 0.6 is 0 Å². The maximum Gasteiger partial charge on any atom is 0.417 e. The summed E-state index contributed by atoms with van der Waals surface area (Å²) >= 11 is 0. The summed E-state index contributed by atoms with van der Waals surface area (Å²) in [5.41, 5.74) is -1.38. The van der Waals surface area contributed by atoms with Crippen LogP contribution in [0.15, 0.2) is 56.6 Å². The average molecular weight is 388 g/mol. The van der Waals surface area contributed by atoms with Gasteiger partial charge in [0.2, 0.25) is 5.82 Å². The summed E-state index contributed by atoms with van der Waals surface area (Å²) in [5.74, 6) is -0.236. The zero-order chi connectivity index (χ0) is 20.1. The van der Waals surface area contributed by atoms with Crippen molar-refractivity contribution in [1.29, 1.82) is 0 Å². The standard InChI is InChI=1S/C18H11F3N4O3/c1-25-13-7-6-9(8-12(13)22-15(26)17(25)27)14-23-16(28-24-14)10-4-2-3-5-11(10)18(19,20)21/h2-8H,1H3,(H,22,26). The number of rotatable bonds is 2. The molecule has 2 aromatic carbocycles. The Hall–Kier alpha value is -3.69. The van der Waals surface area contributed by atoms with E-state index in [1.54, 1.807) is 12.1 Å². The van der Waals surface area contributed by atoms with E-state index in [0.29, 0.717) is 16.6 Å². The first-order chi connectivity index (χ1) is 13.3. The summed E-state index contributed by atoms with van der Waals surface area (Å²) < 4.78 is 45.8. The Kier molecular flexibility index (Phi) is 3.91. The number of hydrogen-bond acceptors (Lipinski definition) is 5. The summed E-state index contributed by atoms with van der Waals surface area (Å²) in [7, 11) is 1.46. The Bertz CT molecular complexity index is 1320. The minimum absolute atomic E-state index is 0.0450. The Morgan fingerprint density at radius 2 is 1.86 bits per heavy atom. The lowest BCUT2D eigenvalue weighted by Gasteiger charge is -2.09. The van der Waals surface area contributed by atoms with Crippen molar-refractivity contribution in [3.63, 3.8) is 0 Å². The maximum atomic E-state index is 13.2. The number of fused-ring (bicyclic) bond motifs is 1. The van der Waals surface area contributed by atoms with Crippen molar-refractivity contribution in [2.45, 2.75) is 6.18 Å². The monoisotopic (exact) mass is 388 g/mol. The number of nitrogens with zero attached hydrogens (tertiary/aromatic N) is 3. The predicted octanol–water partition coefficient (Wildman–Crippen LogP) is 2.96. The summed E-state index contributed by atoms with van der Waals surface area (Å²) in [5, 5.41) is 3.74. The van der Waals surface area contributed by atoms with Gasteiger partial charge in [-0.1, -0.05) is 17.3 Å². The van der Waals surface area contributed by atoms with Gasteiger partial charge in [-0.15, -0.1) is 0 Å². The number of aromatic amines is 1. The molecule has 4 aromatic rings. The molecule has 1 N–H and O–H groups in total. The number of aryl methyl sites for hydroxylation is 1. The molecule has 10 heteroatoms. The van der Waals surface area contributed by atoms with Crippen LogP contribution in [0.5, 0.6) is 0 Å². The van der Waals surface area contributed by atoms with Gasteiger partial charge < -0.3 is 14.1 Å². The molecular weight excluding hydrogens is 377 g/mol. The van der Waals surface area contributed by atoms with Gasteiger partial charge in [0, 0.05) is 12.6 Å². The summed E-state index contributed by atoms with van der Waals surface area (Å²) in [6, 6.07) is 9.55. The molecule has 4 rings (SSSR count). The van der Waals surface area contributed by atoms with Crippen molar-refractivity contribution in [1.82, 2.24) is 19.7 Å². The van der Waals surface area contributed by atoms with E-state index in [0.717, 1.165) is 6.07 Å². The van der Waals surface area contributed by atoms with Crippen LogP contribution in [0.2, 0.25) is 0 Å². The number of nitrogens with one attached hydrogen (secondary N) is 1. The molecule has 0 aliphatic heterocycles. The van der Waals surface area contributed by atoms with E-state index in [9.17, 15) is 22.8 Å². The molecule has 2 heterocycles. The molecule has 0 saturated heterocycles. The molecule has 0 spiro atoms. The molecule has 0 aliphatic rings. The minimum atomic E-state index is -4.57. The van der Waals surface area contributed by atoms with E-state index in [4.69, 9.17) is 4.52 Å². The van der Waals surface area contributed by atoms with Crippen LogP contribution in [-0.2, 0) is 13.2 Å². The Balaban J connectivity index is 1.82. The van der Waals surface area contributed by atoms with Gasteiger partial charge in [0.1, 0.15) is 0 Å². The highest BCUT2D eigenvalue weighted by Crippen LogP contribution is 2.36. The van der Waals surface area contributed by atoms with Crippen molar-refractivity contribution in [2.75, 3.05) is 0 Å². The number of benzene rings is 2. The quantitative estimate of drug-likeness (QED) is 0.533. The second kappa shape index (κ2) is 6.19. The van der Waals surface area contributed by atoms with Crippen LogP contribution in [-0.4, -0.2) is 19.7 Å². The second-order valence-corrected chi connectivity index (χ2v) is 6.02. The highest BCUT2D eigenvalue weighted by atomic mass is 19.4. The summed E-state index contributed by atoms with van der Waals surface area (Å²) in [4.78, 5) is 29.9. The normalized spacial score (nSPS) is 11.9. The highest BCUT2D eigenvalue weighted by molar-refractivity contribution is 5.80. The smallest absolute Gasteiger partial charge is 0.334 e. The fourth-order valence-electron chi connectivity index (χ4n) is 2.87. The number of halogens is 3. The minimum Gasteiger partial charge on any atom is -0.334 e. The Labute approximate surface area is 154 Å². The lowest BCUT2D eigenvalue weighted by molar-refractivity contribution is -0.137. The van der Waals surface area contributed by atoms with Crippen molar-refractivity contribution < 1.29 is 17.7 Å². The van der Waals surface area contributed by atoms with E-state index in [1.165, 1.54) is 35.9 Å². The predicted molar refractivity (Wildman–Crippen MR) is 93.5 cm³/mol. The largest absolute Gasteiger partial charge is 0.417 e. The van der Waals surface area contributed by atoms with Crippen molar-refractivity contribution in [2.24, 2.45) is 7.05 Å². The van der Waals surface area contributed by atoms with E-state index in [-0.39, 0.29) is 17.3 Å². The Morgan fingerprint density at radius 3 is 2.61 bits per heavy atom. The van der Waals surface area contributed by atoms with Gasteiger partial charge in [-0.3, -0.25) is 9.59 Å². The van der Waals surface area contributed by atoms with E-state index in [1.807, 2.05) is 0 Å². The Morgan fingerprint density at radius 1 is 1.11 bits per heavy atom. The van der Waals surface area contributed by atoms with E-state index < -0.39 is 22.9 Å². The molecule has 0 bridgehead atoms. The lowest BCUT2D eigenvalue weighted by Crippen LogP contribution is -2.34. The number of aromatic nitrogens is 4. The summed E-state index contributed by atoms with van der Waals surface area (Å²) in [6.07, 6.45) is -4.57. The zero-order valence-corrected chi connectivity index (χ0v) is 14.2. The number of H-pyrrole nitrogens is 1. The molecule has 0 amide bonds. The fourth-order valence-corrected chi connectivity index (χ4v) is 2.87. The fraction of sp³-hybridized carbons (Fsp3) is 0.111. The molecular formula is C18H11F3N4O3. The van der Waals surface area contributed by atoms with Gasteiger partial charge in [-0.05, 0) is 30.3 Å². The topological polar surface area (TPSA) is 93.8 Å². The van der Waals surface area contributed by atoms with Gasteiger partial charge >= 0.3 is 17.3 Å². The number of alkyl halides is 3. The molecule has 0 fully saturated rings. The van der Waals surface area contributed by atoms with Crippen molar-refractivity contribution in [3.8, 4) is 22.8 Å². The van der Waals surface area contributed by atoms with Gasteiger partial charge in [-0.25, -0.2) is 0 Å². The van der Waals surface area contributed by atoms with Crippen molar-refractivity contribution in [3.05, 3.63) is 68.7 Å². The molecule has 2 aromatic heterocycles. The van der Waals surface area contributed by atoms with Crippen LogP contribution in [0.4, 0.5) is 13.2 Å². The zero-order valence-electron chi connectivity index (χ0n) is 14.2. The molecule has 142 valence electrons. The average Bonchev–Trinajstić information content (AvgIpc) is 3.15. The molecule has 7 nitrogen and oxygen atoms in total. The molecule has 0 atom stereocenters. The SMILES string of the molecule is Cn1c(=O)c(=O)[nH]c2cc(-c3noc(-c4ccccc4C(F)(F)F)n3)ccc21. The third-order valence-electron chi connectivity index (χ3n) is 4.25. The van der Waals surface area contributed by atoms with Gasteiger partial charge in [0.05, 0.1) is 22.2 Å². The molecule has 0 aliphatic carbocycles. The molecule has 28 heavy (non-hydrogen) atoms. The van der Waals surface area contributed by atoms with Crippen LogP contribution < -0.4 is 11.1 Å². The maximum absolute atomic E-state index is 13.2. The van der Waals surface area contributed by atoms with Crippen molar-refractivity contribution >= 4 is 11.0 Å². The first-order valence-corrected chi connectivity index (χ1v) is 7.99. The van der Waals surface area contributed by atoms with Crippen LogP contribution in [0.1, 0.15) is 5.56 Å². The lowest BCUT2D eigenvalue weighted by atomic mass is 10.1. The van der Waals surface area contributed by atoms with Crippen LogP contribution in [0, 0.1) is 0 Å². The van der Waals surface area contributed by atoms with Gasteiger partial charge in [-0.2, -0.15) is 18.2 Å². The molecule has 0 unspecified atom stereocenters. The molecule has 0 radical (unpaired) electrons. The summed E-state index contributed by atoms with van der Waals surface area (Å²) in [6.45, 7) is 0. The molecule has 0 saturated carbocycles. The van der Waals surface area contributed by atoms with E-state index in [2.05, 4.69) is 15.1 Å². The van der Waals surface area contributed by atoms with Crippen LogP contribution in [0.3, 0.4) is 0 Å². The highest BCUT2D eigenvalue weighted by Gasteiger charge is 2.34. The van der Waals surface area contributed by atoms with Crippen LogP contribution in [0.25, 0.3) is 33.9 Å². The number of hydrogen-bond donors (Lipinski definition) is 1.